The second-order valence-corrected chi connectivity index (χ2v) is 10.1. The summed E-state index contributed by atoms with van der Waals surface area (Å²) in [7, 11) is 7.71. The van der Waals surface area contributed by atoms with E-state index in [0.717, 1.165) is 42.9 Å². The normalized spacial score (nSPS) is 17.2. The van der Waals surface area contributed by atoms with Crippen molar-refractivity contribution in [2.45, 2.75) is 18.9 Å². The van der Waals surface area contributed by atoms with Crippen molar-refractivity contribution < 1.29 is 9.53 Å². The Morgan fingerprint density at radius 3 is 2.73 bits per heavy atom. The largest absolute Gasteiger partial charge is 0.494 e. The van der Waals surface area contributed by atoms with Crippen LogP contribution in [0.15, 0.2) is 42.6 Å². The Bertz CT molecular complexity index is 1320. The fourth-order valence-electron chi connectivity index (χ4n) is 4.89. The first-order chi connectivity index (χ1) is 17.8. The number of carbonyl (C=O) groups excluding carboxylic acids is 1. The van der Waals surface area contributed by atoms with Gasteiger partial charge < -0.3 is 30.1 Å². The van der Waals surface area contributed by atoms with Gasteiger partial charge in [-0.3, -0.25) is 4.79 Å². The molecule has 1 saturated heterocycles. The van der Waals surface area contributed by atoms with Gasteiger partial charge in [0.25, 0.3) is 5.91 Å². The van der Waals surface area contributed by atoms with Crippen molar-refractivity contribution in [2.75, 3.05) is 63.4 Å². The molecule has 3 aromatic rings. The highest BCUT2D eigenvalue weighted by molar-refractivity contribution is 6.33. The maximum Gasteiger partial charge on any atom is 0.255 e. The molecule has 0 aliphatic carbocycles. The third-order valence-electron chi connectivity index (χ3n) is 7.12. The van der Waals surface area contributed by atoms with E-state index < -0.39 is 0 Å². The highest BCUT2D eigenvalue weighted by atomic mass is 35.5. The molecule has 1 fully saturated rings. The van der Waals surface area contributed by atoms with E-state index in [0.29, 0.717) is 46.4 Å². The quantitative estimate of drug-likeness (QED) is 0.473. The third-order valence-corrected chi connectivity index (χ3v) is 7.39. The molecule has 0 radical (unpaired) electrons. The molecule has 3 heterocycles. The minimum absolute atomic E-state index is 0.0207. The maximum absolute atomic E-state index is 12.9. The van der Waals surface area contributed by atoms with Crippen molar-refractivity contribution in [2.24, 2.45) is 0 Å². The molecule has 0 bridgehead atoms. The van der Waals surface area contributed by atoms with E-state index in [1.807, 2.05) is 37.4 Å². The number of methoxy groups -OCH3 is 1. The van der Waals surface area contributed by atoms with E-state index in [1.54, 1.807) is 12.0 Å². The average Bonchev–Trinajstić information content (AvgIpc) is 3.39. The van der Waals surface area contributed by atoms with Gasteiger partial charge in [0.15, 0.2) is 5.82 Å². The number of likely N-dealkylation sites (N-methyl/N-ethyl adjacent to an activating group) is 2. The number of benzene rings is 2. The highest BCUT2D eigenvalue weighted by Crippen LogP contribution is 2.35. The molecule has 2 N–H and O–H groups in total. The van der Waals surface area contributed by atoms with Gasteiger partial charge in [-0.2, -0.15) is 4.98 Å². The lowest BCUT2D eigenvalue weighted by Crippen LogP contribution is -2.34. The summed E-state index contributed by atoms with van der Waals surface area (Å²) >= 11 is 6.44. The summed E-state index contributed by atoms with van der Waals surface area (Å²) in [5.74, 6) is 1.45. The molecule has 37 heavy (non-hydrogen) atoms. The van der Waals surface area contributed by atoms with Crippen LogP contribution in [-0.2, 0) is 6.42 Å². The zero-order valence-electron chi connectivity index (χ0n) is 21.6. The molecule has 0 saturated carbocycles. The van der Waals surface area contributed by atoms with Gasteiger partial charge in [0.2, 0.25) is 5.95 Å². The molecule has 0 spiro atoms. The second-order valence-electron chi connectivity index (χ2n) is 9.69. The fraction of sp³-hybridized carbons (Fsp3) is 0.370. The van der Waals surface area contributed by atoms with Gasteiger partial charge in [0.05, 0.1) is 30.2 Å². The van der Waals surface area contributed by atoms with Crippen LogP contribution < -0.4 is 20.3 Å². The van der Waals surface area contributed by atoms with Crippen LogP contribution in [0.25, 0.3) is 0 Å². The molecule has 1 atom stereocenters. The number of anilines is 5. The van der Waals surface area contributed by atoms with E-state index in [2.05, 4.69) is 50.6 Å². The molecule has 2 aliphatic heterocycles. The zero-order chi connectivity index (χ0) is 26.1. The number of amides is 1. The van der Waals surface area contributed by atoms with Gasteiger partial charge in [0, 0.05) is 44.5 Å². The van der Waals surface area contributed by atoms with E-state index >= 15 is 0 Å². The van der Waals surface area contributed by atoms with E-state index in [-0.39, 0.29) is 5.91 Å². The van der Waals surface area contributed by atoms with Crippen LogP contribution in [0.1, 0.15) is 22.3 Å². The molecule has 194 valence electrons. The van der Waals surface area contributed by atoms with Crippen LogP contribution in [-0.4, -0.2) is 79.6 Å². The summed E-state index contributed by atoms with van der Waals surface area (Å²) in [5.41, 5.74) is 4.20. The number of ether oxygens (including phenoxy) is 1. The predicted octanol–water partition coefficient (Wildman–Crippen LogP) is 4.39. The Labute approximate surface area is 222 Å². The minimum atomic E-state index is -0.0207. The fourth-order valence-corrected chi connectivity index (χ4v) is 5.02. The van der Waals surface area contributed by atoms with Crippen LogP contribution >= 0.6 is 11.6 Å². The smallest absolute Gasteiger partial charge is 0.255 e. The standard InChI is InChI=1S/C27H32ClN7O2/c1-33(2)19-11-13-35(16-19)18-8-9-21(23(14-18)37-4)31-27-29-15-20(28)25(32-27)30-22-7-5-6-17-10-12-34(3)26(36)24(17)22/h5-9,14-15,19H,10-13,16H2,1-4H3,(H2,29,30,31,32). The van der Waals surface area contributed by atoms with Gasteiger partial charge >= 0.3 is 0 Å². The van der Waals surface area contributed by atoms with E-state index in [9.17, 15) is 4.79 Å². The minimum Gasteiger partial charge on any atom is -0.494 e. The zero-order valence-corrected chi connectivity index (χ0v) is 22.3. The van der Waals surface area contributed by atoms with Crippen LogP contribution in [0.5, 0.6) is 5.75 Å². The van der Waals surface area contributed by atoms with Crippen molar-refractivity contribution in [3.63, 3.8) is 0 Å². The molecule has 9 nitrogen and oxygen atoms in total. The Morgan fingerprint density at radius 1 is 1.14 bits per heavy atom. The molecular weight excluding hydrogens is 490 g/mol. The summed E-state index contributed by atoms with van der Waals surface area (Å²) in [5, 5.41) is 6.86. The van der Waals surface area contributed by atoms with Crippen LogP contribution in [0, 0.1) is 0 Å². The van der Waals surface area contributed by atoms with Crippen molar-refractivity contribution in [1.82, 2.24) is 19.8 Å². The highest BCUT2D eigenvalue weighted by Gasteiger charge is 2.26. The number of aromatic nitrogens is 2. The third kappa shape index (κ3) is 5.14. The molecule has 5 rings (SSSR count). The number of halogens is 1. The first-order valence-corrected chi connectivity index (χ1v) is 12.7. The van der Waals surface area contributed by atoms with Crippen molar-refractivity contribution in [1.29, 1.82) is 0 Å². The van der Waals surface area contributed by atoms with Gasteiger partial charge in [-0.25, -0.2) is 4.98 Å². The molecule has 1 unspecified atom stereocenters. The molecule has 1 aromatic heterocycles. The first-order valence-electron chi connectivity index (χ1n) is 12.4. The summed E-state index contributed by atoms with van der Waals surface area (Å²) in [6.45, 7) is 2.70. The lowest BCUT2D eigenvalue weighted by molar-refractivity contribution is 0.0782. The predicted molar refractivity (Wildman–Crippen MR) is 148 cm³/mol. The lowest BCUT2D eigenvalue weighted by atomic mass is 9.97. The number of hydrogen-bond acceptors (Lipinski definition) is 8. The lowest BCUT2D eigenvalue weighted by Gasteiger charge is -2.26. The van der Waals surface area contributed by atoms with Gasteiger partial charge in [-0.05, 0) is 50.7 Å². The number of carbonyl (C=O) groups is 1. The Balaban J connectivity index is 1.37. The number of nitrogens with zero attached hydrogens (tertiary/aromatic N) is 5. The topological polar surface area (TPSA) is 85.9 Å². The summed E-state index contributed by atoms with van der Waals surface area (Å²) in [6.07, 6.45) is 3.48. The van der Waals surface area contributed by atoms with Gasteiger partial charge in [-0.1, -0.05) is 23.7 Å². The molecule has 1 amide bonds. The van der Waals surface area contributed by atoms with Crippen molar-refractivity contribution >= 4 is 46.3 Å². The monoisotopic (exact) mass is 521 g/mol. The van der Waals surface area contributed by atoms with Crippen molar-refractivity contribution in [3.8, 4) is 5.75 Å². The molecule has 2 aliphatic rings. The van der Waals surface area contributed by atoms with Crippen molar-refractivity contribution in [3.05, 3.63) is 58.7 Å². The maximum atomic E-state index is 12.9. The average molecular weight is 522 g/mol. The van der Waals surface area contributed by atoms with E-state index in [4.69, 9.17) is 16.3 Å². The van der Waals surface area contributed by atoms with Gasteiger partial charge in [0.1, 0.15) is 10.8 Å². The first kappa shape index (κ1) is 25.1. The van der Waals surface area contributed by atoms with Gasteiger partial charge in [-0.15, -0.1) is 0 Å². The number of rotatable bonds is 7. The van der Waals surface area contributed by atoms with Crippen LogP contribution in [0.4, 0.5) is 28.8 Å². The number of nitrogens with one attached hydrogen (secondary N) is 2. The Morgan fingerprint density at radius 2 is 1.97 bits per heavy atom. The summed E-state index contributed by atoms with van der Waals surface area (Å²) < 4.78 is 5.69. The van der Waals surface area contributed by atoms with Crippen LogP contribution in [0.2, 0.25) is 5.02 Å². The Hall–Kier alpha value is -3.56. The van der Waals surface area contributed by atoms with Crippen LogP contribution in [0.3, 0.4) is 0 Å². The SMILES string of the molecule is COc1cc(N2CCC(N(C)C)C2)ccc1Nc1ncc(Cl)c(Nc2cccc3c2C(=O)N(C)CC3)n1. The number of fused-ring (bicyclic) bond motifs is 1. The summed E-state index contributed by atoms with van der Waals surface area (Å²) in [6, 6.07) is 12.4. The molecular formula is C27H32ClN7O2. The summed E-state index contributed by atoms with van der Waals surface area (Å²) in [4.78, 5) is 28.2. The van der Waals surface area contributed by atoms with E-state index in [1.165, 1.54) is 6.20 Å². The number of hydrogen-bond donors (Lipinski definition) is 2. The molecule has 10 heteroatoms. The second kappa shape index (κ2) is 10.4. The molecule has 2 aromatic carbocycles. The Kier molecular flexibility index (Phi) is 7.08.